The number of para-hydroxylation sites is 1. The Hall–Kier alpha value is -1.51. The molecule has 0 aliphatic heterocycles. The molecule has 1 aliphatic carbocycles. The molecule has 1 N–H and O–H groups in total. The summed E-state index contributed by atoms with van der Waals surface area (Å²) < 4.78 is 0. The number of carbonyl (C=O) groups is 1. The first-order chi connectivity index (χ1) is 9.08. The monoisotopic (exact) mass is 260 g/mol. The predicted molar refractivity (Wildman–Crippen MR) is 79.5 cm³/mol. The molecule has 1 aromatic carbocycles. The molecule has 0 bridgehead atoms. The number of hydrogen-bond donors (Lipinski definition) is 1. The Morgan fingerprint density at radius 1 is 1.26 bits per heavy atom. The minimum absolute atomic E-state index is 0.0620. The summed E-state index contributed by atoms with van der Waals surface area (Å²) in [5, 5.41) is 3.57. The van der Waals surface area contributed by atoms with Crippen LogP contribution in [0, 0.1) is 5.92 Å². The summed E-state index contributed by atoms with van der Waals surface area (Å²) in [6, 6.07) is 8.32. The van der Waals surface area contributed by atoms with Crippen molar-refractivity contribution in [2.24, 2.45) is 5.92 Å². The van der Waals surface area contributed by atoms with Gasteiger partial charge in [0, 0.05) is 25.8 Å². The van der Waals surface area contributed by atoms with Crippen LogP contribution in [-0.2, 0) is 0 Å². The largest absolute Gasteiger partial charge is 0.382 e. The van der Waals surface area contributed by atoms with Gasteiger partial charge in [-0.1, -0.05) is 31.9 Å². The fraction of sp³-hybridized carbons (Fsp3) is 0.562. The van der Waals surface area contributed by atoms with E-state index in [9.17, 15) is 4.79 Å². The molecule has 1 amide bonds. The Bertz CT molecular complexity index is 442. The van der Waals surface area contributed by atoms with Gasteiger partial charge in [0.05, 0.1) is 5.56 Å². The Kier molecular flexibility index (Phi) is 4.46. The predicted octanol–water partition coefficient (Wildman–Crippen LogP) is 3.38. The van der Waals surface area contributed by atoms with E-state index in [4.69, 9.17) is 0 Å². The summed E-state index contributed by atoms with van der Waals surface area (Å²) >= 11 is 0. The van der Waals surface area contributed by atoms with Crippen LogP contribution in [0.5, 0.6) is 0 Å². The smallest absolute Gasteiger partial charge is 0.255 e. The van der Waals surface area contributed by atoms with Crippen molar-refractivity contribution in [2.45, 2.75) is 38.6 Å². The number of anilines is 1. The molecule has 0 spiro atoms. The van der Waals surface area contributed by atoms with Crippen molar-refractivity contribution in [3.05, 3.63) is 29.8 Å². The van der Waals surface area contributed by atoms with Gasteiger partial charge in [-0.25, -0.2) is 0 Å². The summed E-state index contributed by atoms with van der Waals surface area (Å²) in [5.74, 6) is 0.843. The second-order valence-corrected chi connectivity index (χ2v) is 5.86. The highest BCUT2D eigenvalue weighted by Crippen LogP contribution is 2.27. The standard InChI is InChI=1S/C16H24N2O/c1-12-7-6-8-13(11-12)17-15-10-5-4-9-14(15)16(19)18(2)3/h4-5,9-10,12-13,17H,6-8,11H2,1-3H3. The Morgan fingerprint density at radius 2 is 2.00 bits per heavy atom. The molecule has 3 heteroatoms. The van der Waals surface area contributed by atoms with Crippen molar-refractivity contribution in [2.75, 3.05) is 19.4 Å². The van der Waals surface area contributed by atoms with E-state index in [1.807, 2.05) is 24.3 Å². The Morgan fingerprint density at radius 3 is 2.68 bits per heavy atom. The van der Waals surface area contributed by atoms with Gasteiger partial charge in [0.1, 0.15) is 0 Å². The minimum atomic E-state index is 0.0620. The maximum Gasteiger partial charge on any atom is 0.255 e. The molecule has 1 aromatic rings. The number of carbonyl (C=O) groups excluding carboxylic acids is 1. The summed E-state index contributed by atoms with van der Waals surface area (Å²) in [6.45, 7) is 2.31. The first kappa shape index (κ1) is 13.9. The van der Waals surface area contributed by atoms with E-state index in [0.29, 0.717) is 6.04 Å². The zero-order chi connectivity index (χ0) is 13.8. The van der Waals surface area contributed by atoms with Gasteiger partial charge in [0.2, 0.25) is 0 Å². The fourth-order valence-corrected chi connectivity index (χ4v) is 2.82. The molecule has 1 saturated carbocycles. The third-order valence-corrected chi connectivity index (χ3v) is 3.86. The van der Waals surface area contributed by atoms with Crippen LogP contribution in [-0.4, -0.2) is 30.9 Å². The van der Waals surface area contributed by atoms with Crippen molar-refractivity contribution in [3.63, 3.8) is 0 Å². The van der Waals surface area contributed by atoms with E-state index < -0.39 is 0 Å². The molecule has 2 rings (SSSR count). The van der Waals surface area contributed by atoms with Crippen molar-refractivity contribution in [1.82, 2.24) is 4.90 Å². The second kappa shape index (κ2) is 6.09. The molecular formula is C16H24N2O. The lowest BCUT2D eigenvalue weighted by atomic mass is 9.87. The van der Waals surface area contributed by atoms with E-state index in [1.165, 1.54) is 25.7 Å². The summed E-state index contributed by atoms with van der Waals surface area (Å²) in [7, 11) is 3.59. The van der Waals surface area contributed by atoms with Crippen LogP contribution in [0.3, 0.4) is 0 Å². The number of benzene rings is 1. The van der Waals surface area contributed by atoms with Crippen molar-refractivity contribution in [1.29, 1.82) is 0 Å². The molecule has 104 valence electrons. The van der Waals surface area contributed by atoms with Gasteiger partial charge in [-0.3, -0.25) is 4.79 Å². The summed E-state index contributed by atoms with van der Waals surface area (Å²) in [4.78, 5) is 13.8. The van der Waals surface area contributed by atoms with Crippen LogP contribution >= 0.6 is 0 Å². The van der Waals surface area contributed by atoms with E-state index >= 15 is 0 Å². The highest BCUT2D eigenvalue weighted by Gasteiger charge is 2.20. The maximum absolute atomic E-state index is 12.2. The molecule has 0 radical (unpaired) electrons. The number of amides is 1. The molecule has 1 aliphatic rings. The van der Waals surface area contributed by atoms with E-state index in [0.717, 1.165) is 17.2 Å². The van der Waals surface area contributed by atoms with Crippen LogP contribution in [0.1, 0.15) is 43.0 Å². The normalized spacial score (nSPS) is 22.9. The Labute approximate surface area is 116 Å². The zero-order valence-electron chi connectivity index (χ0n) is 12.1. The van der Waals surface area contributed by atoms with Crippen molar-refractivity contribution >= 4 is 11.6 Å². The lowest BCUT2D eigenvalue weighted by Gasteiger charge is -2.29. The quantitative estimate of drug-likeness (QED) is 0.903. The van der Waals surface area contributed by atoms with E-state index in [2.05, 4.69) is 12.2 Å². The molecule has 1 fully saturated rings. The molecular weight excluding hydrogens is 236 g/mol. The third kappa shape index (κ3) is 3.49. The molecule has 2 unspecified atom stereocenters. The zero-order valence-corrected chi connectivity index (χ0v) is 12.1. The van der Waals surface area contributed by atoms with Gasteiger partial charge in [-0.15, -0.1) is 0 Å². The van der Waals surface area contributed by atoms with Crippen LogP contribution in [0.25, 0.3) is 0 Å². The lowest BCUT2D eigenvalue weighted by Crippen LogP contribution is -2.28. The molecule has 0 saturated heterocycles. The second-order valence-electron chi connectivity index (χ2n) is 5.86. The average Bonchev–Trinajstić information content (AvgIpc) is 2.38. The molecule has 0 heterocycles. The van der Waals surface area contributed by atoms with E-state index in [1.54, 1.807) is 19.0 Å². The van der Waals surface area contributed by atoms with Crippen LogP contribution in [0.2, 0.25) is 0 Å². The number of nitrogens with one attached hydrogen (secondary N) is 1. The van der Waals surface area contributed by atoms with Crippen LogP contribution in [0.15, 0.2) is 24.3 Å². The topological polar surface area (TPSA) is 32.3 Å². The summed E-state index contributed by atoms with van der Waals surface area (Å²) in [6.07, 6.45) is 5.01. The van der Waals surface area contributed by atoms with Gasteiger partial charge in [-0.05, 0) is 30.9 Å². The van der Waals surface area contributed by atoms with Crippen molar-refractivity contribution in [3.8, 4) is 0 Å². The van der Waals surface area contributed by atoms with E-state index in [-0.39, 0.29) is 5.91 Å². The third-order valence-electron chi connectivity index (χ3n) is 3.86. The minimum Gasteiger partial charge on any atom is -0.382 e. The number of rotatable bonds is 3. The Balaban J connectivity index is 2.13. The van der Waals surface area contributed by atoms with Crippen LogP contribution < -0.4 is 5.32 Å². The van der Waals surface area contributed by atoms with Gasteiger partial charge in [0.25, 0.3) is 5.91 Å². The highest BCUT2D eigenvalue weighted by molar-refractivity contribution is 5.99. The fourth-order valence-electron chi connectivity index (χ4n) is 2.82. The first-order valence-electron chi connectivity index (χ1n) is 7.15. The molecule has 0 aromatic heterocycles. The first-order valence-corrected chi connectivity index (χ1v) is 7.15. The molecule has 19 heavy (non-hydrogen) atoms. The van der Waals surface area contributed by atoms with Gasteiger partial charge in [-0.2, -0.15) is 0 Å². The number of hydrogen-bond acceptors (Lipinski definition) is 2. The van der Waals surface area contributed by atoms with Crippen LogP contribution in [0.4, 0.5) is 5.69 Å². The maximum atomic E-state index is 12.2. The highest BCUT2D eigenvalue weighted by atomic mass is 16.2. The van der Waals surface area contributed by atoms with Gasteiger partial charge in [0.15, 0.2) is 0 Å². The SMILES string of the molecule is CC1CCCC(Nc2ccccc2C(=O)N(C)C)C1. The average molecular weight is 260 g/mol. The molecule has 2 atom stereocenters. The summed E-state index contributed by atoms with van der Waals surface area (Å²) in [5.41, 5.74) is 1.74. The number of nitrogens with zero attached hydrogens (tertiary/aromatic N) is 1. The van der Waals surface area contributed by atoms with Crippen molar-refractivity contribution < 1.29 is 4.79 Å². The van der Waals surface area contributed by atoms with Gasteiger partial charge >= 0.3 is 0 Å². The molecule has 3 nitrogen and oxygen atoms in total. The lowest BCUT2D eigenvalue weighted by molar-refractivity contribution is 0.0828. The van der Waals surface area contributed by atoms with Gasteiger partial charge < -0.3 is 10.2 Å².